The number of nitrogens with two attached hydrogens (primary N) is 1. The lowest BCUT2D eigenvalue weighted by molar-refractivity contribution is -0.148. The number of esters is 1. The maximum atomic E-state index is 13.0. The largest absolute Gasteiger partial charge is 0.459 e. The van der Waals surface area contributed by atoms with E-state index in [-0.39, 0.29) is 24.5 Å². The summed E-state index contributed by atoms with van der Waals surface area (Å²) in [6.45, 7) is -0.630. The van der Waals surface area contributed by atoms with Gasteiger partial charge in [-0.15, -0.1) is 0 Å². The van der Waals surface area contributed by atoms with Gasteiger partial charge in [0.05, 0.1) is 6.26 Å². The molecule has 176 valence electrons. The summed E-state index contributed by atoms with van der Waals surface area (Å²) < 4.78 is 12.1. The molecule has 11 nitrogen and oxygen atoms in total. The Morgan fingerprint density at radius 2 is 1.76 bits per heavy atom. The number of Topliss-reactive ketones (excluding diaryl/α,β-unsaturated/α-hetero) is 1. The molecule has 0 bridgehead atoms. The summed E-state index contributed by atoms with van der Waals surface area (Å²) in [5, 5.41) is 0. The van der Waals surface area contributed by atoms with Gasteiger partial charge in [0.15, 0.2) is 12.4 Å². The van der Waals surface area contributed by atoms with E-state index in [1.807, 2.05) is 24.3 Å². The number of hydrogen-bond acceptors (Lipinski definition) is 8. The molecule has 0 fully saturated rings. The standard InChI is InChI=1S/C23H22N4O7/c1-25-19(24)18(21(30)26(2)23(25)32)16(28)12-34-22(31)15-10-13-6-3-4-7-14(13)11-27(15)20(29)17-8-5-9-33-17/h3-9,15H,10-12,24H2,1-2H3. The molecule has 3 aromatic rings. The van der Waals surface area contributed by atoms with Gasteiger partial charge >= 0.3 is 11.7 Å². The molecule has 1 unspecified atom stereocenters. The highest BCUT2D eigenvalue weighted by atomic mass is 16.5. The molecule has 0 radical (unpaired) electrons. The van der Waals surface area contributed by atoms with Crippen LogP contribution in [0.15, 0.2) is 56.7 Å². The lowest BCUT2D eigenvalue weighted by Gasteiger charge is -2.34. The Hall–Kier alpha value is -4.41. The van der Waals surface area contributed by atoms with Crippen molar-refractivity contribution in [3.05, 3.63) is 86.0 Å². The molecule has 34 heavy (non-hydrogen) atoms. The third-order valence-electron chi connectivity index (χ3n) is 5.85. The van der Waals surface area contributed by atoms with Gasteiger partial charge in [0, 0.05) is 27.1 Å². The number of benzene rings is 1. The van der Waals surface area contributed by atoms with Crippen molar-refractivity contribution in [2.45, 2.75) is 19.0 Å². The van der Waals surface area contributed by atoms with E-state index in [0.29, 0.717) is 0 Å². The number of rotatable bonds is 5. The number of anilines is 1. The van der Waals surface area contributed by atoms with Crippen LogP contribution in [0.25, 0.3) is 0 Å². The van der Waals surface area contributed by atoms with E-state index in [1.165, 1.54) is 31.3 Å². The van der Waals surface area contributed by atoms with Crippen LogP contribution in [0.5, 0.6) is 0 Å². The van der Waals surface area contributed by atoms with Crippen LogP contribution in [0, 0.1) is 0 Å². The van der Waals surface area contributed by atoms with Crippen molar-refractivity contribution in [3.63, 3.8) is 0 Å². The zero-order valence-electron chi connectivity index (χ0n) is 18.5. The molecule has 0 saturated heterocycles. The van der Waals surface area contributed by atoms with Crippen molar-refractivity contribution >= 4 is 23.5 Å². The minimum absolute atomic E-state index is 0.0646. The second-order valence-corrected chi connectivity index (χ2v) is 7.90. The number of furan rings is 1. The predicted molar refractivity (Wildman–Crippen MR) is 119 cm³/mol. The summed E-state index contributed by atoms with van der Waals surface area (Å²) in [7, 11) is 2.53. The maximum Gasteiger partial charge on any atom is 0.332 e. The third-order valence-corrected chi connectivity index (χ3v) is 5.85. The van der Waals surface area contributed by atoms with E-state index >= 15 is 0 Å². The number of carbonyl (C=O) groups is 3. The highest BCUT2D eigenvalue weighted by molar-refractivity contribution is 6.01. The molecular formula is C23H22N4O7. The van der Waals surface area contributed by atoms with Gasteiger partial charge in [-0.2, -0.15) is 0 Å². The molecule has 1 aromatic carbocycles. The first kappa shape index (κ1) is 22.8. The third kappa shape index (κ3) is 3.91. The summed E-state index contributed by atoms with van der Waals surface area (Å²) in [4.78, 5) is 64.4. The molecule has 4 rings (SSSR count). The fourth-order valence-corrected chi connectivity index (χ4v) is 3.92. The average molecular weight is 466 g/mol. The molecule has 1 amide bonds. The van der Waals surface area contributed by atoms with Crippen LogP contribution in [0.1, 0.15) is 32.0 Å². The summed E-state index contributed by atoms with van der Waals surface area (Å²) in [6, 6.07) is 9.42. The van der Waals surface area contributed by atoms with Crippen molar-refractivity contribution in [1.82, 2.24) is 14.0 Å². The topological polar surface area (TPSA) is 147 Å². The van der Waals surface area contributed by atoms with E-state index in [1.54, 1.807) is 6.07 Å². The van der Waals surface area contributed by atoms with Crippen LogP contribution in [0.3, 0.4) is 0 Å². The lowest BCUT2D eigenvalue weighted by Crippen LogP contribution is -2.49. The highest BCUT2D eigenvalue weighted by Crippen LogP contribution is 2.26. The second-order valence-electron chi connectivity index (χ2n) is 7.90. The number of nitrogen functional groups attached to an aromatic ring is 1. The Morgan fingerprint density at radius 3 is 2.44 bits per heavy atom. The van der Waals surface area contributed by atoms with Crippen LogP contribution in [-0.4, -0.2) is 44.3 Å². The monoisotopic (exact) mass is 466 g/mol. The van der Waals surface area contributed by atoms with Gasteiger partial charge < -0.3 is 19.8 Å². The Bertz CT molecular complexity index is 1400. The van der Waals surface area contributed by atoms with E-state index < -0.39 is 47.1 Å². The van der Waals surface area contributed by atoms with E-state index in [4.69, 9.17) is 14.9 Å². The Balaban J connectivity index is 1.58. The van der Waals surface area contributed by atoms with Crippen molar-refractivity contribution in [2.24, 2.45) is 14.1 Å². The lowest BCUT2D eigenvalue weighted by atomic mass is 9.93. The number of hydrogen-bond donors (Lipinski definition) is 1. The predicted octanol–water partition coefficient (Wildman–Crippen LogP) is 0.252. The quantitative estimate of drug-likeness (QED) is 0.416. The highest BCUT2D eigenvalue weighted by Gasteiger charge is 2.37. The van der Waals surface area contributed by atoms with Crippen molar-refractivity contribution in [2.75, 3.05) is 12.3 Å². The van der Waals surface area contributed by atoms with Crippen LogP contribution in [-0.2, 0) is 36.6 Å². The number of aromatic nitrogens is 2. The number of ether oxygens (including phenoxy) is 1. The van der Waals surface area contributed by atoms with E-state index in [2.05, 4.69) is 0 Å². The van der Waals surface area contributed by atoms with Crippen molar-refractivity contribution in [3.8, 4) is 0 Å². The van der Waals surface area contributed by atoms with Gasteiger partial charge in [0.25, 0.3) is 11.5 Å². The number of fused-ring (bicyclic) bond motifs is 1. The number of carbonyl (C=O) groups excluding carboxylic acids is 3. The molecule has 0 aliphatic carbocycles. The van der Waals surface area contributed by atoms with E-state index in [9.17, 15) is 24.0 Å². The molecule has 3 heterocycles. The van der Waals surface area contributed by atoms with E-state index in [0.717, 1.165) is 20.3 Å². The summed E-state index contributed by atoms with van der Waals surface area (Å²) in [6.07, 6.45) is 1.54. The van der Waals surface area contributed by atoms with Gasteiger partial charge in [-0.25, -0.2) is 9.59 Å². The Labute approximate surface area is 192 Å². The van der Waals surface area contributed by atoms with Crippen LogP contribution < -0.4 is 17.0 Å². The average Bonchev–Trinajstić information content (AvgIpc) is 3.38. The van der Waals surface area contributed by atoms with Crippen molar-refractivity contribution in [1.29, 1.82) is 0 Å². The maximum absolute atomic E-state index is 13.0. The first-order valence-corrected chi connectivity index (χ1v) is 10.4. The minimum Gasteiger partial charge on any atom is -0.459 e. The number of nitrogens with zero attached hydrogens (tertiary/aromatic N) is 3. The normalized spacial score (nSPS) is 15.0. The zero-order chi connectivity index (χ0) is 24.6. The molecule has 1 aliphatic heterocycles. The zero-order valence-corrected chi connectivity index (χ0v) is 18.5. The molecule has 0 spiro atoms. The fourth-order valence-electron chi connectivity index (χ4n) is 3.92. The Kier molecular flexibility index (Phi) is 5.93. The van der Waals surface area contributed by atoms with Crippen LogP contribution in [0.4, 0.5) is 5.82 Å². The van der Waals surface area contributed by atoms with Gasteiger partial charge in [-0.05, 0) is 23.3 Å². The molecule has 2 N–H and O–H groups in total. The molecule has 2 aromatic heterocycles. The van der Waals surface area contributed by atoms with Gasteiger partial charge in [-0.1, -0.05) is 24.3 Å². The Morgan fingerprint density at radius 1 is 1.06 bits per heavy atom. The second kappa shape index (κ2) is 8.85. The van der Waals surface area contributed by atoms with Crippen LogP contribution in [0.2, 0.25) is 0 Å². The molecule has 1 aliphatic rings. The fraction of sp³-hybridized carbons (Fsp3) is 0.261. The SMILES string of the molecule is Cn1c(N)c(C(=O)COC(=O)C2Cc3ccccc3CN2C(=O)c2ccco2)c(=O)n(C)c1=O. The smallest absolute Gasteiger partial charge is 0.332 e. The number of amides is 1. The summed E-state index contributed by atoms with van der Waals surface area (Å²) in [5.41, 5.74) is 5.52. The molecular weight excluding hydrogens is 444 g/mol. The minimum atomic E-state index is -1.01. The van der Waals surface area contributed by atoms with Crippen LogP contribution >= 0.6 is 0 Å². The number of ketones is 1. The van der Waals surface area contributed by atoms with Gasteiger partial charge in [0.1, 0.15) is 17.4 Å². The summed E-state index contributed by atoms with van der Waals surface area (Å²) in [5.74, 6) is -2.43. The molecule has 1 atom stereocenters. The van der Waals surface area contributed by atoms with Gasteiger partial charge in [-0.3, -0.25) is 23.5 Å². The van der Waals surface area contributed by atoms with Gasteiger partial charge in [0.2, 0.25) is 5.78 Å². The van der Waals surface area contributed by atoms with Crippen molar-refractivity contribution < 1.29 is 23.5 Å². The first-order valence-electron chi connectivity index (χ1n) is 10.4. The molecule has 11 heteroatoms. The molecule has 0 saturated carbocycles. The first-order chi connectivity index (χ1) is 16.2. The summed E-state index contributed by atoms with van der Waals surface area (Å²) >= 11 is 0.